The Morgan fingerprint density at radius 1 is 2.00 bits per heavy atom. The highest BCUT2D eigenvalue weighted by Crippen LogP contribution is 2.54. The molecule has 0 radical (unpaired) electrons. The van der Waals surface area contributed by atoms with Gasteiger partial charge in [-0.2, -0.15) is 4.21 Å². The van der Waals surface area contributed by atoms with E-state index in [0.717, 1.165) is 5.09 Å². The summed E-state index contributed by atoms with van der Waals surface area (Å²) in [5, 5.41) is 2.41. The minimum Gasteiger partial charge on any atom is -0.369 e. The van der Waals surface area contributed by atoms with Crippen LogP contribution in [-0.4, -0.2) is 4.21 Å². The van der Waals surface area contributed by atoms with Crippen LogP contribution in [0.25, 0.3) is 0 Å². The molecule has 0 unspecified atom stereocenters. The molecule has 1 fully saturated rings. The quantitative estimate of drug-likeness (QED) is 0.328. The standard InChI is InChI=1S/C2H2O2S/c3-5-1-2(5)4-5/h1,5H. The molecule has 0 saturated carbocycles. The molecule has 0 bridgehead atoms. The lowest BCUT2D eigenvalue weighted by atomic mass is 11.2. The van der Waals surface area contributed by atoms with E-state index < -0.39 is 10.2 Å². The summed E-state index contributed by atoms with van der Waals surface area (Å²) in [7, 11) is -1.93. The molecule has 0 aromatic rings. The van der Waals surface area contributed by atoms with Crippen molar-refractivity contribution < 1.29 is 8.39 Å². The number of thiol groups is 1. The summed E-state index contributed by atoms with van der Waals surface area (Å²) in [5.74, 6) is 0. The average Bonchev–Trinajstić information content (AvgIpc) is 1.74. The van der Waals surface area contributed by atoms with E-state index >= 15 is 0 Å². The third kappa shape index (κ3) is 0.0771. The summed E-state index contributed by atoms with van der Waals surface area (Å²) in [5.41, 5.74) is 0. The first kappa shape index (κ1) is 1.97. The average molecular weight is 90.1 g/mol. The predicted octanol–water partition coefficient (Wildman–Crippen LogP) is -0.239. The molecule has 0 aliphatic carbocycles. The van der Waals surface area contributed by atoms with Gasteiger partial charge in [0.05, 0.1) is 5.41 Å². The van der Waals surface area contributed by atoms with E-state index in [1.165, 1.54) is 0 Å². The summed E-state index contributed by atoms with van der Waals surface area (Å²) in [4.78, 5) is 0. The fourth-order valence-corrected chi connectivity index (χ4v) is 1.23. The second kappa shape index (κ2) is 0.234. The van der Waals surface area contributed by atoms with Gasteiger partial charge in [0.15, 0.2) is 0 Å². The van der Waals surface area contributed by atoms with Crippen LogP contribution in [-0.2, 0) is 14.4 Å². The Balaban J connectivity index is 2.91. The first-order valence-electron chi connectivity index (χ1n) is 1.34. The highest BCUT2D eigenvalue weighted by atomic mass is 32.3. The van der Waals surface area contributed by atoms with Crippen molar-refractivity contribution in [2.45, 2.75) is 0 Å². The Morgan fingerprint density at radius 3 is 2.20 bits per heavy atom. The molecule has 28 valence electrons. The zero-order chi connectivity index (χ0) is 3.49. The maximum atomic E-state index is 10.1. The van der Waals surface area contributed by atoms with Crippen LogP contribution in [0.2, 0.25) is 0 Å². The van der Waals surface area contributed by atoms with Gasteiger partial charge in [0, 0.05) is 0 Å². The molecule has 3 heteroatoms. The minimum absolute atomic E-state index is 0.748. The van der Waals surface area contributed by atoms with Crippen LogP contribution >= 0.6 is 0 Å². The van der Waals surface area contributed by atoms with E-state index in [1.54, 1.807) is 5.41 Å². The molecule has 2 aliphatic rings. The van der Waals surface area contributed by atoms with Crippen molar-refractivity contribution in [1.82, 2.24) is 0 Å². The van der Waals surface area contributed by atoms with E-state index in [9.17, 15) is 4.21 Å². The van der Waals surface area contributed by atoms with Crippen LogP contribution in [0.4, 0.5) is 0 Å². The van der Waals surface area contributed by atoms with Gasteiger partial charge in [-0.15, -0.1) is 0 Å². The van der Waals surface area contributed by atoms with Crippen LogP contribution < -0.4 is 0 Å². The maximum absolute atomic E-state index is 10.1. The summed E-state index contributed by atoms with van der Waals surface area (Å²) in [6.07, 6.45) is 0. The van der Waals surface area contributed by atoms with E-state index in [1.807, 2.05) is 0 Å². The van der Waals surface area contributed by atoms with Crippen LogP contribution in [0.3, 0.4) is 0 Å². The lowest BCUT2D eigenvalue weighted by Crippen LogP contribution is -1.61. The smallest absolute Gasteiger partial charge is 0.257 e. The molecule has 5 heavy (non-hydrogen) atoms. The van der Waals surface area contributed by atoms with Crippen LogP contribution in [0.15, 0.2) is 10.5 Å². The second-order valence-corrected chi connectivity index (χ2v) is 3.23. The van der Waals surface area contributed by atoms with Crippen molar-refractivity contribution in [3.8, 4) is 0 Å². The normalized spacial score (nSPS) is 39.6. The van der Waals surface area contributed by atoms with E-state index in [4.69, 9.17) is 0 Å². The Kier molecular flexibility index (Phi) is 0.0922. The van der Waals surface area contributed by atoms with Crippen molar-refractivity contribution in [3.63, 3.8) is 0 Å². The van der Waals surface area contributed by atoms with Crippen LogP contribution in [0, 0.1) is 0 Å². The van der Waals surface area contributed by atoms with Gasteiger partial charge < -0.3 is 4.18 Å². The van der Waals surface area contributed by atoms with Crippen molar-refractivity contribution in [1.29, 1.82) is 0 Å². The van der Waals surface area contributed by atoms with Crippen LogP contribution in [0.1, 0.15) is 0 Å². The molecule has 0 atom stereocenters. The Morgan fingerprint density at radius 2 is 2.20 bits per heavy atom. The lowest BCUT2D eigenvalue weighted by molar-refractivity contribution is 0.581. The molecule has 0 spiro atoms. The lowest BCUT2D eigenvalue weighted by Gasteiger charge is -1.72. The monoisotopic (exact) mass is 90.0 g/mol. The first-order chi connectivity index (χ1) is 2.31. The molecule has 0 aromatic heterocycles. The topological polar surface area (TPSA) is 29.6 Å². The van der Waals surface area contributed by atoms with Crippen LogP contribution in [0.5, 0.6) is 0 Å². The van der Waals surface area contributed by atoms with Gasteiger partial charge in [-0.25, -0.2) is 0 Å². The van der Waals surface area contributed by atoms with Gasteiger partial charge >= 0.3 is 0 Å². The zero-order valence-electron chi connectivity index (χ0n) is 2.34. The second-order valence-electron chi connectivity index (χ2n) is 1.16. The Bertz CT molecular complexity index is 157. The highest BCUT2D eigenvalue weighted by Gasteiger charge is 2.49. The third-order valence-electron chi connectivity index (χ3n) is 0.717. The fourth-order valence-electron chi connectivity index (χ4n) is 0.236. The Labute approximate surface area is 30.1 Å². The van der Waals surface area contributed by atoms with Gasteiger partial charge in [-0.05, 0) is 0 Å². The van der Waals surface area contributed by atoms with E-state index in [0.29, 0.717) is 0 Å². The number of hydrogen-bond donors (Lipinski definition) is 1. The molecule has 2 aliphatic heterocycles. The Hall–Kier alpha value is -0.310. The van der Waals surface area contributed by atoms with Gasteiger partial charge in [0.2, 0.25) is 0 Å². The number of rotatable bonds is 0. The van der Waals surface area contributed by atoms with E-state index in [2.05, 4.69) is 4.18 Å². The summed E-state index contributed by atoms with van der Waals surface area (Å²) in [6, 6.07) is 0. The highest BCUT2D eigenvalue weighted by molar-refractivity contribution is 8.17. The van der Waals surface area contributed by atoms with Crippen molar-refractivity contribution in [2.75, 3.05) is 0 Å². The molecular weight excluding hydrogens is 88.1 g/mol. The number of hydrogen-bond acceptors (Lipinski definition) is 2. The first-order valence-corrected chi connectivity index (χ1v) is 3.03. The van der Waals surface area contributed by atoms with Crippen molar-refractivity contribution in [2.24, 2.45) is 0 Å². The molecule has 0 aromatic carbocycles. The molecule has 1 saturated heterocycles. The predicted molar refractivity (Wildman–Crippen MR) is 18.7 cm³/mol. The zero-order valence-corrected chi connectivity index (χ0v) is 3.24. The third-order valence-corrected chi connectivity index (χ3v) is 2.15. The van der Waals surface area contributed by atoms with Gasteiger partial charge in [-0.1, -0.05) is 10.2 Å². The van der Waals surface area contributed by atoms with Crippen molar-refractivity contribution in [3.05, 3.63) is 10.5 Å². The molecule has 2 rings (SSSR count). The summed E-state index contributed by atoms with van der Waals surface area (Å²) >= 11 is 0. The molecular formula is C2H2O2S. The SMILES string of the molecule is O=[SH]12C=C1O2. The molecule has 0 amide bonds. The van der Waals surface area contributed by atoms with Gasteiger partial charge in [0.1, 0.15) is 0 Å². The van der Waals surface area contributed by atoms with Gasteiger partial charge in [-0.3, -0.25) is 0 Å². The molecule has 2 heterocycles. The number of fused-ring (bicyclic) bond motifs is 1. The molecule has 2 nitrogen and oxygen atoms in total. The molecule has 0 N–H and O–H groups in total. The van der Waals surface area contributed by atoms with Crippen molar-refractivity contribution >= 4 is 10.2 Å². The summed E-state index contributed by atoms with van der Waals surface area (Å²) in [6.45, 7) is 0. The minimum atomic E-state index is -1.93. The summed E-state index contributed by atoms with van der Waals surface area (Å²) < 4.78 is 14.5. The maximum Gasteiger partial charge on any atom is 0.257 e. The largest absolute Gasteiger partial charge is 0.369 e. The van der Waals surface area contributed by atoms with E-state index in [-0.39, 0.29) is 0 Å². The van der Waals surface area contributed by atoms with Gasteiger partial charge in [0.25, 0.3) is 5.09 Å². The fraction of sp³-hybridized carbons (Fsp3) is 0.